The summed E-state index contributed by atoms with van der Waals surface area (Å²) in [5.74, 6) is 1.21. The molecule has 4 heteroatoms. The van der Waals surface area contributed by atoms with Gasteiger partial charge >= 0.3 is 0 Å². The van der Waals surface area contributed by atoms with E-state index in [4.69, 9.17) is 0 Å². The van der Waals surface area contributed by atoms with Gasteiger partial charge < -0.3 is 5.11 Å². The van der Waals surface area contributed by atoms with Crippen LogP contribution in [0.5, 0.6) is 0 Å². The van der Waals surface area contributed by atoms with Crippen LogP contribution in [0, 0.1) is 0 Å². The number of nitrogens with zero attached hydrogens (tertiary/aromatic N) is 2. The Morgan fingerprint density at radius 2 is 1.85 bits per heavy atom. The third-order valence-corrected chi connectivity index (χ3v) is 4.44. The van der Waals surface area contributed by atoms with Gasteiger partial charge in [0, 0.05) is 32.7 Å². The van der Waals surface area contributed by atoms with Gasteiger partial charge in [-0.05, 0) is 30.5 Å². The molecule has 1 N–H and O–H groups in total. The molecule has 20 heavy (non-hydrogen) atoms. The molecule has 1 aromatic rings. The Labute approximate surface area is 127 Å². The molecular weight excluding hydrogens is 268 g/mol. The standard InChI is InChI=1S/C16H26N2OS/c1-20-11-5-8-17-9-10-18(14-16(19)13-17)12-15-6-3-2-4-7-15/h2-4,6-7,16,19H,5,8-14H2,1H3/t16-/m0/s1. The molecule has 1 aliphatic rings. The third kappa shape index (κ3) is 5.44. The highest BCUT2D eigenvalue weighted by atomic mass is 32.2. The zero-order valence-corrected chi connectivity index (χ0v) is 13.2. The quantitative estimate of drug-likeness (QED) is 0.811. The predicted molar refractivity (Wildman–Crippen MR) is 87.2 cm³/mol. The molecule has 2 rings (SSSR count). The molecule has 3 nitrogen and oxygen atoms in total. The number of hydrogen-bond donors (Lipinski definition) is 1. The summed E-state index contributed by atoms with van der Waals surface area (Å²) in [5.41, 5.74) is 1.33. The molecule has 1 aliphatic heterocycles. The molecule has 0 aliphatic carbocycles. The molecule has 0 saturated carbocycles. The summed E-state index contributed by atoms with van der Waals surface area (Å²) >= 11 is 1.90. The van der Waals surface area contributed by atoms with Crippen LogP contribution in [-0.2, 0) is 6.54 Å². The molecule has 0 bridgehead atoms. The van der Waals surface area contributed by atoms with Gasteiger partial charge in [0.25, 0.3) is 0 Å². The Hall–Kier alpha value is -0.550. The van der Waals surface area contributed by atoms with Crippen LogP contribution in [0.1, 0.15) is 12.0 Å². The number of aliphatic hydroxyl groups is 1. The van der Waals surface area contributed by atoms with Crippen LogP contribution in [0.15, 0.2) is 30.3 Å². The molecule has 0 aromatic heterocycles. The van der Waals surface area contributed by atoms with Gasteiger partial charge in [-0.15, -0.1) is 0 Å². The Kier molecular flexibility index (Phi) is 6.87. The van der Waals surface area contributed by atoms with Crippen molar-refractivity contribution in [2.45, 2.75) is 19.1 Å². The molecule has 1 atom stereocenters. The van der Waals surface area contributed by atoms with E-state index in [9.17, 15) is 5.11 Å². The lowest BCUT2D eigenvalue weighted by Gasteiger charge is -2.21. The topological polar surface area (TPSA) is 26.7 Å². The minimum Gasteiger partial charge on any atom is -0.390 e. The highest BCUT2D eigenvalue weighted by molar-refractivity contribution is 7.98. The fourth-order valence-corrected chi connectivity index (χ4v) is 3.16. The fourth-order valence-electron chi connectivity index (χ4n) is 2.74. The van der Waals surface area contributed by atoms with E-state index >= 15 is 0 Å². The van der Waals surface area contributed by atoms with Gasteiger partial charge in [-0.1, -0.05) is 30.3 Å². The predicted octanol–water partition coefficient (Wildman–Crippen LogP) is 1.92. The van der Waals surface area contributed by atoms with Crippen molar-refractivity contribution in [2.75, 3.05) is 44.7 Å². The zero-order chi connectivity index (χ0) is 14.2. The summed E-state index contributed by atoms with van der Waals surface area (Å²) in [6, 6.07) is 10.5. The zero-order valence-electron chi connectivity index (χ0n) is 12.4. The summed E-state index contributed by atoms with van der Waals surface area (Å²) in [4.78, 5) is 4.78. The summed E-state index contributed by atoms with van der Waals surface area (Å²) in [6.45, 7) is 5.77. The lowest BCUT2D eigenvalue weighted by atomic mass is 10.2. The average molecular weight is 294 g/mol. The minimum absolute atomic E-state index is 0.226. The van der Waals surface area contributed by atoms with Gasteiger partial charge in [0.05, 0.1) is 6.10 Å². The van der Waals surface area contributed by atoms with E-state index < -0.39 is 0 Å². The summed E-state index contributed by atoms with van der Waals surface area (Å²) < 4.78 is 0. The van der Waals surface area contributed by atoms with Gasteiger partial charge in [0.1, 0.15) is 0 Å². The van der Waals surface area contributed by atoms with Crippen molar-refractivity contribution in [3.05, 3.63) is 35.9 Å². The minimum atomic E-state index is -0.226. The first-order valence-corrected chi connectivity index (χ1v) is 8.83. The largest absolute Gasteiger partial charge is 0.390 e. The van der Waals surface area contributed by atoms with Gasteiger partial charge in [0.2, 0.25) is 0 Å². The van der Waals surface area contributed by atoms with Gasteiger partial charge in [-0.2, -0.15) is 11.8 Å². The SMILES string of the molecule is CSCCCN1CCN(Cc2ccccc2)C[C@@H](O)C1. The van der Waals surface area contributed by atoms with Crippen molar-refractivity contribution < 1.29 is 5.11 Å². The smallest absolute Gasteiger partial charge is 0.0793 e. The van der Waals surface area contributed by atoms with Crippen molar-refractivity contribution in [2.24, 2.45) is 0 Å². The van der Waals surface area contributed by atoms with Crippen LogP contribution in [0.4, 0.5) is 0 Å². The highest BCUT2D eigenvalue weighted by Crippen LogP contribution is 2.10. The molecule has 1 aromatic carbocycles. The van der Waals surface area contributed by atoms with Crippen LogP contribution in [0.3, 0.4) is 0 Å². The molecule has 0 radical (unpaired) electrons. The number of β-amino-alcohol motifs (C(OH)–C–C–N with tert-alkyl or cyclic N) is 1. The van der Waals surface area contributed by atoms with Gasteiger partial charge in [-0.3, -0.25) is 9.80 Å². The van der Waals surface area contributed by atoms with E-state index in [0.29, 0.717) is 0 Å². The molecule has 0 spiro atoms. The second-order valence-electron chi connectivity index (χ2n) is 5.52. The van der Waals surface area contributed by atoms with Crippen LogP contribution >= 0.6 is 11.8 Å². The second-order valence-corrected chi connectivity index (χ2v) is 6.51. The van der Waals surface area contributed by atoms with Crippen molar-refractivity contribution >= 4 is 11.8 Å². The van der Waals surface area contributed by atoms with Crippen molar-refractivity contribution in [1.82, 2.24) is 9.80 Å². The van der Waals surface area contributed by atoms with Crippen LogP contribution < -0.4 is 0 Å². The Morgan fingerprint density at radius 3 is 2.60 bits per heavy atom. The second kappa shape index (κ2) is 8.67. The van der Waals surface area contributed by atoms with E-state index in [1.165, 1.54) is 17.7 Å². The average Bonchev–Trinajstić information content (AvgIpc) is 2.62. The van der Waals surface area contributed by atoms with Crippen molar-refractivity contribution in [3.8, 4) is 0 Å². The van der Waals surface area contributed by atoms with E-state index in [-0.39, 0.29) is 6.10 Å². The van der Waals surface area contributed by atoms with Crippen LogP contribution in [0.2, 0.25) is 0 Å². The molecule has 0 unspecified atom stereocenters. The first-order valence-electron chi connectivity index (χ1n) is 7.43. The van der Waals surface area contributed by atoms with Crippen LogP contribution in [0.25, 0.3) is 0 Å². The van der Waals surface area contributed by atoms with E-state index in [1.54, 1.807) is 0 Å². The van der Waals surface area contributed by atoms with E-state index in [1.807, 2.05) is 17.8 Å². The maximum Gasteiger partial charge on any atom is 0.0793 e. The number of rotatable bonds is 6. The number of thioether (sulfide) groups is 1. The molecule has 0 amide bonds. The van der Waals surface area contributed by atoms with Gasteiger partial charge in [0.15, 0.2) is 0 Å². The number of benzene rings is 1. The molecule has 1 heterocycles. The number of hydrogen-bond acceptors (Lipinski definition) is 4. The monoisotopic (exact) mass is 294 g/mol. The maximum absolute atomic E-state index is 10.2. The number of aliphatic hydroxyl groups excluding tert-OH is 1. The lowest BCUT2D eigenvalue weighted by Crippen LogP contribution is -2.34. The summed E-state index contributed by atoms with van der Waals surface area (Å²) in [5, 5.41) is 10.2. The van der Waals surface area contributed by atoms with Gasteiger partial charge in [-0.25, -0.2) is 0 Å². The van der Waals surface area contributed by atoms with Crippen LogP contribution in [-0.4, -0.2) is 65.7 Å². The summed E-state index contributed by atoms with van der Waals surface area (Å²) in [6.07, 6.45) is 3.14. The first-order chi connectivity index (χ1) is 9.78. The maximum atomic E-state index is 10.2. The fraction of sp³-hybridized carbons (Fsp3) is 0.625. The lowest BCUT2D eigenvalue weighted by molar-refractivity contribution is 0.108. The Balaban J connectivity index is 1.82. The molecular formula is C16H26N2OS. The summed E-state index contributed by atoms with van der Waals surface area (Å²) in [7, 11) is 0. The molecule has 1 saturated heterocycles. The third-order valence-electron chi connectivity index (χ3n) is 3.74. The van der Waals surface area contributed by atoms with Crippen molar-refractivity contribution in [3.63, 3.8) is 0 Å². The molecule has 112 valence electrons. The highest BCUT2D eigenvalue weighted by Gasteiger charge is 2.20. The van der Waals surface area contributed by atoms with E-state index in [0.717, 1.165) is 39.3 Å². The Morgan fingerprint density at radius 1 is 1.15 bits per heavy atom. The first kappa shape index (κ1) is 15.8. The van der Waals surface area contributed by atoms with E-state index in [2.05, 4.69) is 40.3 Å². The molecule has 1 fully saturated rings. The Bertz CT molecular complexity index is 374. The normalized spacial score (nSPS) is 21.8. The van der Waals surface area contributed by atoms with Crippen molar-refractivity contribution in [1.29, 1.82) is 0 Å².